The van der Waals surface area contributed by atoms with Gasteiger partial charge >= 0.3 is 5.97 Å². The zero-order valence-electron chi connectivity index (χ0n) is 13.9. The van der Waals surface area contributed by atoms with Gasteiger partial charge in [-0.15, -0.1) is 0 Å². The van der Waals surface area contributed by atoms with E-state index in [9.17, 15) is 9.59 Å². The van der Waals surface area contributed by atoms with Crippen LogP contribution in [0.3, 0.4) is 0 Å². The molecule has 0 bridgehead atoms. The van der Waals surface area contributed by atoms with Crippen molar-refractivity contribution in [1.82, 2.24) is 5.32 Å². The molecular weight excluding hydrogens is 282 g/mol. The number of carboxylic acids is 1. The van der Waals surface area contributed by atoms with Gasteiger partial charge in [0.2, 0.25) is 5.91 Å². The molecule has 2 aliphatic rings. The highest BCUT2D eigenvalue weighted by molar-refractivity contribution is 5.84. The second-order valence-corrected chi connectivity index (χ2v) is 7.40. The molecule has 126 valence electrons. The quantitative estimate of drug-likeness (QED) is 0.757. The van der Waals surface area contributed by atoms with E-state index >= 15 is 0 Å². The van der Waals surface area contributed by atoms with Crippen molar-refractivity contribution in [2.75, 3.05) is 6.61 Å². The maximum absolute atomic E-state index is 12.0. The van der Waals surface area contributed by atoms with Crippen LogP contribution in [0.4, 0.5) is 0 Å². The molecule has 4 atom stereocenters. The van der Waals surface area contributed by atoms with Crippen molar-refractivity contribution in [1.29, 1.82) is 0 Å². The fraction of sp³-hybridized carbons (Fsp3) is 0.882. The number of nitrogens with one attached hydrogen (secondary N) is 1. The average molecular weight is 311 g/mol. The molecule has 2 N–H and O–H groups in total. The lowest BCUT2D eigenvalue weighted by atomic mass is 9.75. The predicted molar refractivity (Wildman–Crippen MR) is 83.4 cm³/mol. The second-order valence-electron chi connectivity index (χ2n) is 7.40. The predicted octanol–water partition coefficient (Wildman–Crippen LogP) is 2.44. The molecule has 2 rings (SSSR count). The topological polar surface area (TPSA) is 75.6 Å². The number of rotatable bonds is 7. The standard InChI is InChI=1S/C17H29NO4/c1-10(2)13-7-4-11(3)8-14(13)22-9-15(19)18-16(17(20)21)12-5-6-12/h10-14,16H,4-9H2,1-3H3,(H,18,19)(H,20,21). The summed E-state index contributed by atoms with van der Waals surface area (Å²) in [6, 6.07) is -0.748. The first-order chi connectivity index (χ1) is 10.4. The zero-order valence-corrected chi connectivity index (χ0v) is 13.9. The molecule has 5 heteroatoms. The fourth-order valence-corrected chi connectivity index (χ4v) is 3.51. The summed E-state index contributed by atoms with van der Waals surface area (Å²) in [5.74, 6) is 0.504. The average Bonchev–Trinajstić information content (AvgIpc) is 3.26. The highest BCUT2D eigenvalue weighted by Crippen LogP contribution is 2.35. The van der Waals surface area contributed by atoms with E-state index in [0.717, 1.165) is 25.7 Å². The molecule has 5 nitrogen and oxygen atoms in total. The van der Waals surface area contributed by atoms with Gasteiger partial charge in [-0.25, -0.2) is 4.79 Å². The van der Waals surface area contributed by atoms with Crippen LogP contribution in [0, 0.1) is 23.7 Å². The summed E-state index contributed by atoms with van der Waals surface area (Å²) in [6.07, 6.45) is 5.23. The normalized spacial score (nSPS) is 30.1. The Bertz CT molecular complexity index is 405. The van der Waals surface area contributed by atoms with Gasteiger partial charge in [-0.3, -0.25) is 4.79 Å². The van der Waals surface area contributed by atoms with E-state index in [0.29, 0.717) is 17.8 Å². The lowest BCUT2D eigenvalue weighted by Gasteiger charge is -2.37. The number of carboxylic acid groups (broad SMARTS) is 1. The molecule has 0 aromatic rings. The summed E-state index contributed by atoms with van der Waals surface area (Å²) in [7, 11) is 0. The van der Waals surface area contributed by atoms with Gasteiger partial charge in [0, 0.05) is 0 Å². The van der Waals surface area contributed by atoms with E-state index in [2.05, 4.69) is 26.1 Å². The highest BCUT2D eigenvalue weighted by atomic mass is 16.5. The number of carbonyl (C=O) groups is 2. The Balaban J connectivity index is 1.82. The van der Waals surface area contributed by atoms with Crippen molar-refractivity contribution in [2.24, 2.45) is 23.7 Å². The molecule has 22 heavy (non-hydrogen) atoms. The van der Waals surface area contributed by atoms with Crippen molar-refractivity contribution >= 4 is 11.9 Å². The Morgan fingerprint density at radius 1 is 1.23 bits per heavy atom. The minimum absolute atomic E-state index is 0.0306. The lowest BCUT2D eigenvalue weighted by molar-refractivity contribution is -0.144. The van der Waals surface area contributed by atoms with E-state index in [4.69, 9.17) is 9.84 Å². The molecule has 2 saturated carbocycles. The number of amides is 1. The van der Waals surface area contributed by atoms with Crippen LogP contribution in [-0.4, -0.2) is 35.7 Å². The van der Waals surface area contributed by atoms with Gasteiger partial charge in [-0.2, -0.15) is 0 Å². The smallest absolute Gasteiger partial charge is 0.326 e. The van der Waals surface area contributed by atoms with Crippen molar-refractivity contribution in [3.8, 4) is 0 Å². The number of aliphatic carboxylic acids is 1. The van der Waals surface area contributed by atoms with Gasteiger partial charge in [0.05, 0.1) is 6.10 Å². The summed E-state index contributed by atoms with van der Waals surface area (Å²) in [6.45, 7) is 6.59. The van der Waals surface area contributed by atoms with Crippen molar-refractivity contribution < 1.29 is 19.4 Å². The van der Waals surface area contributed by atoms with Crippen LogP contribution >= 0.6 is 0 Å². The molecular formula is C17H29NO4. The third-order valence-corrected chi connectivity index (χ3v) is 5.07. The summed E-state index contributed by atoms with van der Waals surface area (Å²) in [5, 5.41) is 11.8. The summed E-state index contributed by atoms with van der Waals surface area (Å²) >= 11 is 0. The summed E-state index contributed by atoms with van der Waals surface area (Å²) in [4.78, 5) is 23.1. The molecule has 2 aliphatic carbocycles. The molecule has 0 radical (unpaired) electrons. The number of carbonyl (C=O) groups excluding carboxylic acids is 1. The van der Waals surface area contributed by atoms with E-state index in [-0.39, 0.29) is 24.5 Å². The molecule has 0 aromatic heterocycles. The molecule has 0 spiro atoms. The Labute approximate surface area is 132 Å². The maximum Gasteiger partial charge on any atom is 0.326 e. The van der Waals surface area contributed by atoms with E-state index < -0.39 is 12.0 Å². The zero-order chi connectivity index (χ0) is 16.3. The van der Waals surface area contributed by atoms with Gasteiger partial charge in [0.1, 0.15) is 12.6 Å². The van der Waals surface area contributed by atoms with Gasteiger partial charge < -0.3 is 15.2 Å². The first-order valence-electron chi connectivity index (χ1n) is 8.52. The first-order valence-corrected chi connectivity index (χ1v) is 8.52. The van der Waals surface area contributed by atoms with Crippen LogP contribution in [0.5, 0.6) is 0 Å². The minimum Gasteiger partial charge on any atom is -0.480 e. The van der Waals surface area contributed by atoms with Crippen LogP contribution < -0.4 is 5.32 Å². The van der Waals surface area contributed by atoms with Gasteiger partial charge in [0.15, 0.2) is 0 Å². The molecule has 0 heterocycles. The number of hydrogen-bond donors (Lipinski definition) is 2. The van der Waals surface area contributed by atoms with Crippen LogP contribution in [0.2, 0.25) is 0 Å². The van der Waals surface area contributed by atoms with Crippen LogP contribution in [0.1, 0.15) is 52.9 Å². The highest BCUT2D eigenvalue weighted by Gasteiger charge is 2.37. The number of hydrogen-bond acceptors (Lipinski definition) is 3. The molecule has 0 saturated heterocycles. The molecule has 2 fully saturated rings. The fourth-order valence-electron chi connectivity index (χ4n) is 3.51. The Morgan fingerprint density at radius 3 is 2.45 bits per heavy atom. The largest absolute Gasteiger partial charge is 0.480 e. The van der Waals surface area contributed by atoms with E-state index in [1.54, 1.807) is 0 Å². The Hall–Kier alpha value is -1.10. The lowest BCUT2D eigenvalue weighted by Crippen LogP contribution is -2.45. The SMILES string of the molecule is CC1CCC(C(C)C)C(OCC(=O)NC(C(=O)O)C2CC2)C1. The van der Waals surface area contributed by atoms with Gasteiger partial charge in [-0.1, -0.05) is 27.2 Å². The van der Waals surface area contributed by atoms with E-state index in [1.807, 2.05) is 0 Å². The van der Waals surface area contributed by atoms with Crippen LogP contribution in [-0.2, 0) is 14.3 Å². The van der Waals surface area contributed by atoms with Crippen molar-refractivity contribution in [3.05, 3.63) is 0 Å². The van der Waals surface area contributed by atoms with E-state index in [1.165, 1.54) is 6.42 Å². The monoisotopic (exact) mass is 311 g/mol. The first kappa shape index (κ1) is 17.3. The van der Waals surface area contributed by atoms with Gasteiger partial charge in [0.25, 0.3) is 0 Å². The van der Waals surface area contributed by atoms with Crippen molar-refractivity contribution in [2.45, 2.75) is 65.0 Å². The molecule has 4 unspecified atom stereocenters. The third kappa shape index (κ3) is 4.70. The Kier molecular flexibility index (Phi) is 5.84. The minimum atomic E-state index is -0.942. The molecule has 0 aromatic carbocycles. The molecule has 0 aliphatic heterocycles. The van der Waals surface area contributed by atoms with Gasteiger partial charge in [-0.05, 0) is 49.4 Å². The number of ether oxygens (including phenoxy) is 1. The maximum atomic E-state index is 12.0. The van der Waals surface area contributed by atoms with Crippen molar-refractivity contribution in [3.63, 3.8) is 0 Å². The second kappa shape index (κ2) is 7.44. The molecule has 1 amide bonds. The third-order valence-electron chi connectivity index (χ3n) is 5.07. The Morgan fingerprint density at radius 2 is 1.91 bits per heavy atom. The van der Waals surface area contributed by atoms with Crippen LogP contribution in [0.15, 0.2) is 0 Å². The summed E-state index contributed by atoms with van der Waals surface area (Å²) in [5.41, 5.74) is 0. The van der Waals surface area contributed by atoms with Crippen LogP contribution in [0.25, 0.3) is 0 Å². The summed E-state index contributed by atoms with van der Waals surface area (Å²) < 4.78 is 5.86.